The van der Waals surface area contributed by atoms with Crippen LogP contribution >= 0.6 is 12.4 Å². The van der Waals surface area contributed by atoms with Gasteiger partial charge in [0.1, 0.15) is 17.5 Å². The minimum absolute atomic E-state index is 0. The average molecular weight is 418 g/mol. The summed E-state index contributed by atoms with van der Waals surface area (Å²) >= 11 is 0. The van der Waals surface area contributed by atoms with Crippen molar-refractivity contribution in [3.63, 3.8) is 0 Å². The van der Waals surface area contributed by atoms with Gasteiger partial charge in [0.05, 0.1) is 30.2 Å². The number of anilines is 1. The van der Waals surface area contributed by atoms with Gasteiger partial charge < -0.3 is 20.7 Å². The summed E-state index contributed by atoms with van der Waals surface area (Å²) in [5.74, 6) is 0.210. The van der Waals surface area contributed by atoms with Gasteiger partial charge in [0, 0.05) is 37.2 Å². The van der Waals surface area contributed by atoms with Crippen molar-refractivity contribution in [1.82, 2.24) is 25.0 Å². The van der Waals surface area contributed by atoms with Crippen LogP contribution in [0.1, 0.15) is 35.9 Å². The van der Waals surface area contributed by atoms with Crippen LogP contribution in [-0.2, 0) is 30.8 Å². The second-order valence-corrected chi connectivity index (χ2v) is 6.93. The molecule has 0 atom stereocenters. The molecule has 0 aliphatic carbocycles. The van der Waals surface area contributed by atoms with Crippen molar-refractivity contribution < 1.29 is 9.53 Å². The van der Waals surface area contributed by atoms with Gasteiger partial charge in [-0.1, -0.05) is 0 Å². The number of fused-ring (bicyclic) bond motifs is 2. The van der Waals surface area contributed by atoms with Crippen LogP contribution in [0.3, 0.4) is 0 Å². The molecular formula is C19H24ClN7O2. The minimum Gasteiger partial charge on any atom is -0.450 e. The number of rotatable bonds is 2. The number of aryl methyl sites for hydroxylation is 1. The summed E-state index contributed by atoms with van der Waals surface area (Å²) < 4.78 is 7.13. The molecule has 2 aromatic rings. The maximum Gasteiger partial charge on any atom is 0.410 e. The van der Waals surface area contributed by atoms with E-state index in [9.17, 15) is 10.1 Å². The predicted octanol–water partition coefficient (Wildman–Crippen LogP) is 1.83. The number of nitriles is 1. The van der Waals surface area contributed by atoms with E-state index in [0.717, 1.165) is 43.0 Å². The molecule has 10 heteroatoms. The third-order valence-corrected chi connectivity index (χ3v) is 5.17. The van der Waals surface area contributed by atoms with Crippen molar-refractivity contribution in [2.24, 2.45) is 0 Å². The molecule has 0 unspecified atom stereocenters. The Bertz CT molecular complexity index is 943. The highest BCUT2D eigenvalue weighted by Gasteiger charge is 2.29. The van der Waals surface area contributed by atoms with Crippen molar-refractivity contribution in [3.8, 4) is 17.3 Å². The van der Waals surface area contributed by atoms with Gasteiger partial charge >= 0.3 is 6.09 Å². The maximum atomic E-state index is 12.2. The largest absolute Gasteiger partial charge is 0.450 e. The summed E-state index contributed by atoms with van der Waals surface area (Å²) in [6.07, 6.45) is 1.19. The van der Waals surface area contributed by atoms with Crippen LogP contribution < -0.4 is 11.1 Å². The number of aromatic nitrogens is 3. The molecule has 4 rings (SSSR count). The van der Waals surface area contributed by atoms with Gasteiger partial charge in [-0.15, -0.1) is 12.4 Å². The van der Waals surface area contributed by atoms with Gasteiger partial charge in [0.25, 0.3) is 0 Å². The van der Waals surface area contributed by atoms with E-state index in [0.29, 0.717) is 42.9 Å². The first-order valence-electron chi connectivity index (χ1n) is 9.53. The number of nitrogens with two attached hydrogens (primary N) is 1. The van der Waals surface area contributed by atoms with E-state index < -0.39 is 0 Å². The number of nitrogen functional groups attached to an aromatic ring is 1. The Hall–Kier alpha value is -2.83. The summed E-state index contributed by atoms with van der Waals surface area (Å²) in [6.45, 7) is 5.44. The van der Waals surface area contributed by atoms with Gasteiger partial charge in [-0.05, 0) is 26.0 Å². The lowest BCUT2D eigenvalue weighted by atomic mass is 9.94. The molecule has 29 heavy (non-hydrogen) atoms. The number of carbonyl (C=O) groups excluding carboxylic acids is 1. The lowest BCUT2D eigenvalue weighted by Crippen LogP contribution is -2.37. The first kappa shape index (κ1) is 20.9. The Balaban J connectivity index is 0.00000240. The van der Waals surface area contributed by atoms with E-state index in [1.165, 1.54) is 0 Å². The van der Waals surface area contributed by atoms with Gasteiger partial charge in [-0.25, -0.2) is 9.78 Å². The van der Waals surface area contributed by atoms with Crippen molar-refractivity contribution in [2.75, 3.05) is 25.4 Å². The number of hydrogen-bond acceptors (Lipinski definition) is 7. The molecule has 4 heterocycles. The second kappa shape index (κ2) is 8.68. The zero-order chi connectivity index (χ0) is 19.7. The van der Waals surface area contributed by atoms with Crippen LogP contribution in [-0.4, -0.2) is 45.5 Å². The first-order chi connectivity index (χ1) is 13.6. The molecule has 0 spiro atoms. The third-order valence-electron chi connectivity index (χ3n) is 5.17. The van der Waals surface area contributed by atoms with Gasteiger partial charge in [0.2, 0.25) is 0 Å². The molecule has 0 radical (unpaired) electrons. The van der Waals surface area contributed by atoms with Crippen LogP contribution in [0.4, 0.5) is 10.6 Å². The molecule has 0 aromatic carbocycles. The monoisotopic (exact) mass is 417 g/mol. The Morgan fingerprint density at radius 2 is 2.28 bits per heavy atom. The van der Waals surface area contributed by atoms with Crippen LogP contribution in [0.25, 0.3) is 11.3 Å². The molecule has 2 aliphatic heterocycles. The van der Waals surface area contributed by atoms with Gasteiger partial charge in [-0.3, -0.25) is 4.68 Å². The summed E-state index contributed by atoms with van der Waals surface area (Å²) in [5, 5.41) is 17.9. The van der Waals surface area contributed by atoms with E-state index in [4.69, 9.17) is 15.6 Å². The highest BCUT2D eigenvalue weighted by atomic mass is 35.5. The molecule has 154 valence electrons. The van der Waals surface area contributed by atoms with E-state index in [1.807, 2.05) is 10.7 Å². The SMILES string of the molecule is CCOC(=O)N1CCc2nc(N)c(C#N)c(-c3cc4n(n3)CCCNC4)c2C1.Cl. The van der Waals surface area contributed by atoms with Crippen LogP contribution in [0, 0.1) is 11.3 Å². The topological polar surface area (TPSA) is 122 Å². The minimum atomic E-state index is -0.362. The van der Waals surface area contributed by atoms with Crippen molar-refractivity contribution >= 4 is 24.3 Å². The standard InChI is InChI=1S/C19H23N7O2.ClH/c1-2-28-19(27)25-7-4-15-14(11-25)17(13(9-20)18(21)23-15)16-8-12-10-22-5-3-6-26(12)24-16;/h8,22H,2-7,10-11H2,1H3,(H2,21,23);1H. The molecule has 2 aliphatic rings. The quantitative estimate of drug-likeness (QED) is 0.764. The molecule has 1 amide bonds. The Kier molecular flexibility index (Phi) is 6.25. The molecule has 2 aromatic heterocycles. The summed E-state index contributed by atoms with van der Waals surface area (Å²) in [7, 11) is 0. The predicted molar refractivity (Wildman–Crippen MR) is 109 cm³/mol. The van der Waals surface area contributed by atoms with E-state index in [1.54, 1.807) is 11.8 Å². The number of halogens is 1. The number of hydrogen-bond donors (Lipinski definition) is 2. The van der Waals surface area contributed by atoms with Crippen LogP contribution in [0.5, 0.6) is 0 Å². The fourth-order valence-electron chi connectivity index (χ4n) is 3.83. The summed E-state index contributed by atoms with van der Waals surface area (Å²) in [6, 6.07) is 4.18. The van der Waals surface area contributed by atoms with E-state index in [-0.39, 0.29) is 24.3 Å². The lowest BCUT2D eigenvalue weighted by Gasteiger charge is -2.29. The van der Waals surface area contributed by atoms with E-state index >= 15 is 0 Å². The Labute approximate surface area is 175 Å². The molecule has 0 saturated heterocycles. The van der Waals surface area contributed by atoms with Crippen LogP contribution in [0.15, 0.2) is 6.07 Å². The normalized spacial score (nSPS) is 15.4. The zero-order valence-electron chi connectivity index (χ0n) is 16.3. The van der Waals surface area contributed by atoms with Gasteiger partial charge in [-0.2, -0.15) is 10.4 Å². The number of amides is 1. The van der Waals surface area contributed by atoms with E-state index in [2.05, 4.69) is 16.4 Å². The number of ether oxygens (including phenoxy) is 1. The molecule has 0 fully saturated rings. The van der Waals surface area contributed by atoms with Crippen molar-refractivity contribution in [2.45, 2.75) is 39.4 Å². The maximum absolute atomic E-state index is 12.2. The smallest absolute Gasteiger partial charge is 0.410 e. The van der Waals surface area contributed by atoms with Crippen molar-refractivity contribution in [3.05, 3.63) is 28.6 Å². The molecule has 3 N–H and O–H groups in total. The number of nitrogens with zero attached hydrogens (tertiary/aromatic N) is 5. The van der Waals surface area contributed by atoms with Gasteiger partial charge in [0.15, 0.2) is 0 Å². The second-order valence-electron chi connectivity index (χ2n) is 6.93. The highest BCUT2D eigenvalue weighted by molar-refractivity contribution is 5.85. The molecule has 0 saturated carbocycles. The number of carbonyl (C=O) groups is 1. The number of pyridine rings is 1. The Morgan fingerprint density at radius 1 is 1.45 bits per heavy atom. The highest BCUT2D eigenvalue weighted by Crippen LogP contribution is 2.35. The number of nitrogens with one attached hydrogen (secondary N) is 1. The lowest BCUT2D eigenvalue weighted by molar-refractivity contribution is 0.102. The average Bonchev–Trinajstić information content (AvgIpc) is 2.96. The van der Waals surface area contributed by atoms with Crippen molar-refractivity contribution in [1.29, 1.82) is 5.26 Å². The first-order valence-corrected chi connectivity index (χ1v) is 9.53. The molecule has 0 bridgehead atoms. The fraction of sp³-hybridized carbons (Fsp3) is 0.474. The molecule has 9 nitrogen and oxygen atoms in total. The third kappa shape index (κ3) is 3.86. The fourth-order valence-corrected chi connectivity index (χ4v) is 3.83. The zero-order valence-corrected chi connectivity index (χ0v) is 17.1. The summed E-state index contributed by atoms with van der Waals surface area (Å²) in [4.78, 5) is 18.3. The molecular weight excluding hydrogens is 394 g/mol. The summed E-state index contributed by atoms with van der Waals surface area (Å²) in [5.41, 5.74) is 10.5. The Morgan fingerprint density at radius 3 is 3.03 bits per heavy atom. The van der Waals surface area contributed by atoms with Crippen LogP contribution in [0.2, 0.25) is 0 Å².